The first kappa shape index (κ1) is 15.3. The Labute approximate surface area is 139 Å². The number of nitrogens with zero attached hydrogens (tertiary/aromatic N) is 1. The van der Waals surface area contributed by atoms with Crippen LogP contribution in [0.4, 0.5) is 5.69 Å². The first-order chi connectivity index (χ1) is 10.3. The number of benzene rings is 2. The van der Waals surface area contributed by atoms with Gasteiger partial charge in [-0.1, -0.05) is 46.3 Å². The Hall–Kier alpha value is -1.55. The van der Waals surface area contributed by atoms with Crippen molar-refractivity contribution in [2.45, 2.75) is 37.1 Å². The maximum absolute atomic E-state index is 11.0. The highest BCUT2D eigenvalue weighted by molar-refractivity contribution is 9.09. The summed E-state index contributed by atoms with van der Waals surface area (Å²) in [6, 6.07) is 12.6. The van der Waals surface area contributed by atoms with E-state index in [0.717, 1.165) is 5.69 Å². The van der Waals surface area contributed by atoms with E-state index in [2.05, 4.69) is 71.9 Å². The van der Waals surface area contributed by atoms with Gasteiger partial charge in [0.1, 0.15) is 0 Å². The molecule has 4 heteroatoms. The quantitative estimate of drug-likeness (QED) is 0.816. The number of anilines is 1. The summed E-state index contributed by atoms with van der Waals surface area (Å²) in [7, 11) is 0. The van der Waals surface area contributed by atoms with Crippen molar-refractivity contribution in [1.29, 1.82) is 0 Å². The van der Waals surface area contributed by atoms with E-state index >= 15 is 0 Å². The molecule has 1 aliphatic heterocycles. The Morgan fingerprint density at radius 3 is 2.55 bits per heavy atom. The SMILES string of the molecule is CC1(Br)c2c(ccc3ccccc23)N(CCC(=O)O)C1(C)C. The van der Waals surface area contributed by atoms with Crippen molar-refractivity contribution < 1.29 is 9.90 Å². The molecule has 0 spiro atoms. The number of fused-ring (bicyclic) bond motifs is 3. The largest absolute Gasteiger partial charge is 0.481 e. The molecule has 2 aromatic rings. The Bertz CT molecular complexity index is 752. The first-order valence-electron chi connectivity index (χ1n) is 7.47. The molecular weight excluding hydrogens is 342 g/mol. The topological polar surface area (TPSA) is 40.5 Å². The predicted molar refractivity (Wildman–Crippen MR) is 93.9 cm³/mol. The van der Waals surface area contributed by atoms with Gasteiger partial charge in [0, 0.05) is 17.8 Å². The van der Waals surface area contributed by atoms with E-state index in [9.17, 15) is 4.79 Å². The summed E-state index contributed by atoms with van der Waals surface area (Å²) < 4.78 is -0.241. The first-order valence-corrected chi connectivity index (χ1v) is 8.26. The molecule has 1 N–H and O–H groups in total. The maximum atomic E-state index is 11.0. The molecule has 3 rings (SSSR count). The number of hydrogen-bond donors (Lipinski definition) is 1. The third-order valence-electron chi connectivity index (χ3n) is 5.04. The molecule has 0 fully saturated rings. The lowest BCUT2D eigenvalue weighted by molar-refractivity contribution is -0.136. The summed E-state index contributed by atoms with van der Waals surface area (Å²) in [6.45, 7) is 7.02. The second-order valence-electron chi connectivity index (χ2n) is 6.54. The minimum atomic E-state index is -0.763. The molecule has 1 aliphatic rings. The monoisotopic (exact) mass is 361 g/mol. The highest BCUT2D eigenvalue weighted by atomic mass is 79.9. The molecule has 3 nitrogen and oxygen atoms in total. The second-order valence-corrected chi connectivity index (χ2v) is 8.12. The van der Waals surface area contributed by atoms with E-state index in [-0.39, 0.29) is 16.3 Å². The zero-order valence-corrected chi connectivity index (χ0v) is 14.6. The van der Waals surface area contributed by atoms with Crippen LogP contribution in [-0.4, -0.2) is 23.2 Å². The Balaban J connectivity index is 2.22. The Morgan fingerprint density at radius 1 is 1.18 bits per heavy atom. The highest BCUT2D eigenvalue weighted by Crippen LogP contribution is 2.57. The van der Waals surface area contributed by atoms with Crippen LogP contribution in [-0.2, 0) is 9.12 Å². The van der Waals surface area contributed by atoms with Crippen molar-refractivity contribution in [2.75, 3.05) is 11.4 Å². The zero-order valence-electron chi connectivity index (χ0n) is 13.1. The summed E-state index contributed by atoms with van der Waals surface area (Å²) >= 11 is 3.94. The molecule has 1 atom stereocenters. The lowest BCUT2D eigenvalue weighted by Crippen LogP contribution is -2.50. The van der Waals surface area contributed by atoms with Gasteiger partial charge in [0.05, 0.1) is 16.3 Å². The number of halogens is 1. The standard InChI is InChI=1S/C18H20BrNO2/c1-17(2)18(3,19)16-13-7-5-4-6-12(13)8-9-14(16)20(17)11-10-15(21)22/h4-9H,10-11H2,1-3H3,(H,21,22). The Morgan fingerprint density at radius 2 is 1.86 bits per heavy atom. The van der Waals surface area contributed by atoms with Gasteiger partial charge in [-0.3, -0.25) is 4.79 Å². The van der Waals surface area contributed by atoms with Crippen molar-refractivity contribution in [3.63, 3.8) is 0 Å². The minimum Gasteiger partial charge on any atom is -0.481 e. The summed E-state index contributed by atoms with van der Waals surface area (Å²) in [5, 5.41) is 11.5. The van der Waals surface area contributed by atoms with Crippen molar-refractivity contribution in [2.24, 2.45) is 0 Å². The second kappa shape index (κ2) is 4.98. The van der Waals surface area contributed by atoms with Crippen LogP contribution in [0.25, 0.3) is 10.8 Å². The number of aliphatic carboxylic acids is 1. The fraction of sp³-hybridized carbons (Fsp3) is 0.389. The normalized spacial score (nSPS) is 22.8. The van der Waals surface area contributed by atoms with E-state index in [4.69, 9.17) is 5.11 Å². The van der Waals surface area contributed by atoms with E-state index < -0.39 is 5.97 Å². The fourth-order valence-electron chi connectivity index (χ4n) is 3.45. The van der Waals surface area contributed by atoms with E-state index in [0.29, 0.717) is 6.54 Å². The molecule has 22 heavy (non-hydrogen) atoms. The lowest BCUT2D eigenvalue weighted by atomic mass is 9.84. The highest BCUT2D eigenvalue weighted by Gasteiger charge is 2.52. The van der Waals surface area contributed by atoms with Crippen LogP contribution in [0, 0.1) is 0 Å². The summed E-state index contributed by atoms with van der Waals surface area (Å²) in [6.07, 6.45) is 0.138. The molecule has 0 aromatic heterocycles. The van der Waals surface area contributed by atoms with Crippen LogP contribution in [0.2, 0.25) is 0 Å². The van der Waals surface area contributed by atoms with Crippen LogP contribution in [0.3, 0.4) is 0 Å². The molecule has 2 aromatic carbocycles. The van der Waals surface area contributed by atoms with Gasteiger partial charge in [-0.25, -0.2) is 0 Å². The van der Waals surface area contributed by atoms with Gasteiger partial charge in [0.15, 0.2) is 0 Å². The van der Waals surface area contributed by atoms with Gasteiger partial charge in [-0.15, -0.1) is 0 Å². The van der Waals surface area contributed by atoms with E-state index in [1.807, 2.05) is 6.07 Å². The molecule has 0 bridgehead atoms. The number of alkyl halides is 1. The molecule has 0 saturated carbocycles. The molecule has 0 amide bonds. The lowest BCUT2D eigenvalue weighted by Gasteiger charge is -2.41. The molecule has 0 radical (unpaired) electrons. The van der Waals surface area contributed by atoms with Gasteiger partial charge in [0.25, 0.3) is 0 Å². The maximum Gasteiger partial charge on any atom is 0.305 e. The van der Waals surface area contributed by atoms with Crippen molar-refractivity contribution in [3.05, 3.63) is 42.0 Å². The van der Waals surface area contributed by atoms with E-state index in [1.165, 1.54) is 16.3 Å². The molecule has 0 aliphatic carbocycles. The predicted octanol–water partition coefficient (Wildman–Crippen LogP) is 4.52. The molecule has 1 heterocycles. The minimum absolute atomic E-state index is 0.138. The third-order valence-corrected chi connectivity index (χ3v) is 6.41. The number of carboxylic acids is 1. The van der Waals surface area contributed by atoms with Crippen LogP contribution in [0.15, 0.2) is 36.4 Å². The fourth-order valence-corrected chi connectivity index (χ4v) is 4.08. The average Bonchev–Trinajstić information content (AvgIpc) is 2.60. The molecule has 1 unspecified atom stereocenters. The number of carboxylic acid groups (broad SMARTS) is 1. The zero-order chi connectivity index (χ0) is 16.1. The van der Waals surface area contributed by atoms with Gasteiger partial charge < -0.3 is 10.0 Å². The van der Waals surface area contributed by atoms with Gasteiger partial charge in [-0.05, 0) is 37.6 Å². The third kappa shape index (κ3) is 2.04. The van der Waals surface area contributed by atoms with Crippen LogP contribution < -0.4 is 4.90 Å². The molecule has 0 saturated heterocycles. The smallest absolute Gasteiger partial charge is 0.305 e. The number of carbonyl (C=O) groups is 1. The van der Waals surface area contributed by atoms with Gasteiger partial charge in [-0.2, -0.15) is 0 Å². The van der Waals surface area contributed by atoms with Crippen LogP contribution in [0.5, 0.6) is 0 Å². The Kier molecular flexibility index (Phi) is 3.48. The van der Waals surface area contributed by atoms with Crippen molar-refractivity contribution in [1.82, 2.24) is 0 Å². The van der Waals surface area contributed by atoms with Crippen LogP contribution >= 0.6 is 15.9 Å². The van der Waals surface area contributed by atoms with Crippen LogP contribution in [0.1, 0.15) is 32.8 Å². The van der Waals surface area contributed by atoms with Crippen molar-refractivity contribution in [3.8, 4) is 0 Å². The summed E-state index contributed by atoms with van der Waals surface area (Å²) in [5.41, 5.74) is 2.17. The number of rotatable bonds is 3. The molecule has 116 valence electrons. The van der Waals surface area contributed by atoms with E-state index in [1.54, 1.807) is 0 Å². The summed E-state index contributed by atoms with van der Waals surface area (Å²) in [4.78, 5) is 13.2. The average molecular weight is 362 g/mol. The van der Waals surface area contributed by atoms with Gasteiger partial charge >= 0.3 is 5.97 Å². The molecular formula is C18H20BrNO2. The van der Waals surface area contributed by atoms with Gasteiger partial charge in [0.2, 0.25) is 0 Å². The summed E-state index contributed by atoms with van der Waals surface area (Å²) in [5.74, 6) is -0.763. The van der Waals surface area contributed by atoms with Crippen molar-refractivity contribution >= 4 is 38.4 Å². The number of hydrogen-bond acceptors (Lipinski definition) is 2.